The Morgan fingerprint density at radius 2 is 1.88 bits per heavy atom. The third-order valence-corrected chi connectivity index (χ3v) is 2.55. The number of aromatic nitrogens is 1. The number of carbonyl (C=O) groups is 1. The van der Waals surface area contributed by atoms with E-state index in [1.165, 1.54) is 12.3 Å². The normalized spacial score (nSPS) is 10.2. The molecule has 1 heterocycles. The fourth-order valence-corrected chi connectivity index (χ4v) is 1.65. The van der Waals surface area contributed by atoms with Gasteiger partial charge in [-0.1, -0.05) is 29.8 Å². The van der Waals surface area contributed by atoms with Crippen molar-refractivity contribution in [1.82, 2.24) is 4.98 Å². The van der Waals surface area contributed by atoms with Gasteiger partial charge in [-0.3, -0.25) is 9.59 Å². The summed E-state index contributed by atoms with van der Waals surface area (Å²) in [6, 6.07) is 8.93. The van der Waals surface area contributed by atoms with E-state index < -0.39 is 5.91 Å². The monoisotopic (exact) mass is 228 g/mol. The SMILES string of the molecule is Cc1ccc(-c2cc(=O)[nH]cc2C(N)=O)cc1. The van der Waals surface area contributed by atoms with E-state index in [1.807, 2.05) is 31.2 Å². The highest BCUT2D eigenvalue weighted by atomic mass is 16.1. The number of hydrogen-bond acceptors (Lipinski definition) is 2. The molecule has 0 aliphatic rings. The van der Waals surface area contributed by atoms with Gasteiger partial charge in [0.25, 0.3) is 5.91 Å². The van der Waals surface area contributed by atoms with Crippen molar-refractivity contribution in [3.63, 3.8) is 0 Å². The van der Waals surface area contributed by atoms with Gasteiger partial charge < -0.3 is 10.7 Å². The van der Waals surface area contributed by atoms with E-state index >= 15 is 0 Å². The van der Waals surface area contributed by atoms with E-state index in [9.17, 15) is 9.59 Å². The summed E-state index contributed by atoms with van der Waals surface area (Å²) in [4.78, 5) is 25.0. The molecule has 0 aliphatic heterocycles. The number of hydrogen-bond donors (Lipinski definition) is 2. The Morgan fingerprint density at radius 3 is 2.47 bits per heavy atom. The van der Waals surface area contributed by atoms with Crippen LogP contribution in [-0.4, -0.2) is 10.9 Å². The van der Waals surface area contributed by atoms with Crippen LogP contribution < -0.4 is 11.3 Å². The predicted molar refractivity (Wildman–Crippen MR) is 65.8 cm³/mol. The van der Waals surface area contributed by atoms with Gasteiger partial charge in [0.2, 0.25) is 5.56 Å². The van der Waals surface area contributed by atoms with Gasteiger partial charge >= 0.3 is 0 Å². The van der Waals surface area contributed by atoms with Gasteiger partial charge in [0, 0.05) is 17.8 Å². The second-order valence-corrected chi connectivity index (χ2v) is 3.85. The Labute approximate surface area is 98.1 Å². The minimum absolute atomic E-state index is 0.259. The fraction of sp³-hybridized carbons (Fsp3) is 0.0769. The Hall–Kier alpha value is -2.36. The Kier molecular flexibility index (Phi) is 2.78. The van der Waals surface area contributed by atoms with E-state index in [0.29, 0.717) is 11.1 Å². The average Bonchev–Trinajstić information content (AvgIpc) is 2.29. The maximum absolute atomic E-state index is 11.3. The van der Waals surface area contributed by atoms with E-state index in [2.05, 4.69) is 4.98 Å². The van der Waals surface area contributed by atoms with Crippen molar-refractivity contribution in [3.05, 3.63) is 58.0 Å². The number of carbonyl (C=O) groups excluding carboxylic acids is 1. The number of primary amides is 1. The summed E-state index contributed by atoms with van der Waals surface area (Å²) in [5.41, 5.74) is 7.79. The fourth-order valence-electron chi connectivity index (χ4n) is 1.65. The molecule has 17 heavy (non-hydrogen) atoms. The first-order chi connectivity index (χ1) is 8.08. The lowest BCUT2D eigenvalue weighted by Crippen LogP contribution is -2.16. The van der Waals surface area contributed by atoms with Gasteiger partial charge in [0.05, 0.1) is 5.56 Å². The number of pyridine rings is 1. The number of aryl methyl sites for hydroxylation is 1. The largest absolute Gasteiger partial charge is 0.366 e. The zero-order valence-corrected chi connectivity index (χ0v) is 9.36. The Morgan fingerprint density at radius 1 is 1.24 bits per heavy atom. The summed E-state index contributed by atoms with van der Waals surface area (Å²) < 4.78 is 0. The summed E-state index contributed by atoms with van der Waals surface area (Å²) in [6.07, 6.45) is 1.35. The standard InChI is InChI=1S/C13H12N2O2/c1-8-2-4-9(5-3-8)10-6-12(16)15-7-11(10)13(14)17/h2-7H,1H3,(H2,14,17)(H,15,16). The van der Waals surface area contributed by atoms with Crippen molar-refractivity contribution in [2.24, 2.45) is 5.73 Å². The molecule has 2 rings (SSSR count). The molecule has 0 radical (unpaired) electrons. The van der Waals surface area contributed by atoms with Crippen molar-refractivity contribution < 1.29 is 4.79 Å². The molecule has 1 amide bonds. The highest BCUT2D eigenvalue weighted by Crippen LogP contribution is 2.21. The molecule has 0 spiro atoms. The van der Waals surface area contributed by atoms with Crippen LogP contribution in [0.4, 0.5) is 0 Å². The molecule has 0 fully saturated rings. The molecule has 4 heteroatoms. The van der Waals surface area contributed by atoms with Crippen LogP contribution in [0.2, 0.25) is 0 Å². The molecular formula is C13H12N2O2. The predicted octanol–water partition coefficient (Wildman–Crippen LogP) is 1.45. The van der Waals surface area contributed by atoms with Crippen LogP contribution in [0.15, 0.2) is 41.3 Å². The molecule has 86 valence electrons. The Balaban J connectivity index is 2.64. The molecule has 0 unspecified atom stereocenters. The first kappa shape index (κ1) is 11.1. The van der Waals surface area contributed by atoms with Crippen molar-refractivity contribution in [2.75, 3.05) is 0 Å². The highest BCUT2D eigenvalue weighted by Gasteiger charge is 2.10. The molecule has 0 aliphatic carbocycles. The summed E-state index contributed by atoms with van der Waals surface area (Å²) in [5, 5.41) is 0. The number of rotatable bonds is 2. The number of aromatic amines is 1. The van der Waals surface area contributed by atoms with E-state index in [1.54, 1.807) is 0 Å². The highest BCUT2D eigenvalue weighted by molar-refractivity contribution is 5.99. The van der Waals surface area contributed by atoms with Gasteiger partial charge in [-0.15, -0.1) is 0 Å². The third-order valence-electron chi connectivity index (χ3n) is 2.55. The minimum atomic E-state index is -0.558. The lowest BCUT2D eigenvalue weighted by atomic mass is 10.0. The van der Waals surface area contributed by atoms with Crippen LogP contribution in [0.3, 0.4) is 0 Å². The smallest absolute Gasteiger partial charge is 0.250 e. The zero-order chi connectivity index (χ0) is 12.4. The van der Waals surface area contributed by atoms with Crippen LogP contribution in [0.25, 0.3) is 11.1 Å². The van der Waals surface area contributed by atoms with Crippen LogP contribution >= 0.6 is 0 Å². The second-order valence-electron chi connectivity index (χ2n) is 3.85. The molecule has 1 aromatic heterocycles. The maximum atomic E-state index is 11.3. The Bertz CT molecular complexity index is 612. The van der Waals surface area contributed by atoms with Crippen LogP contribution in [0, 0.1) is 6.92 Å². The summed E-state index contributed by atoms with van der Waals surface area (Å²) >= 11 is 0. The lowest BCUT2D eigenvalue weighted by Gasteiger charge is -2.06. The average molecular weight is 228 g/mol. The van der Waals surface area contributed by atoms with Crippen molar-refractivity contribution in [3.8, 4) is 11.1 Å². The van der Waals surface area contributed by atoms with Gasteiger partial charge in [-0.25, -0.2) is 0 Å². The maximum Gasteiger partial charge on any atom is 0.250 e. The number of amides is 1. The van der Waals surface area contributed by atoms with Crippen LogP contribution in [0.5, 0.6) is 0 Å². The van der Waals surface area contributed by atoms with E-state index in [4.69, 9.17) is 5.73 Å². The van der Waals surface area contributed by atoms with Crippen molar-refractivity contribution in [2.45, 2.75) is 6.92 Å². The minimum Gasteiger partial charge on any atom is -0.366 e. The molecular weight excluding hydrogens is 216 g/mol. The van der Waals surface area contributed by atoms with Crippen molar-refractivity contribution >= 4 is 5.91 Å². The number of nitrogens with two attached hydrogens (primary N) is 1. The van der Waals surface area contributed by atoms with E-state index in [0.717, 1.165) is 11.1 Å². The molecule has 0 bridgehead atoms. The van der Waals surface area contributed by atoms with Crippen molar-refractivity contribution in [1.29, 1.82) is 0 Å². The van der Waals surface area contributed by atoms with Crippen LogP contribution in [-0.2, 0) is 0 Å². The first-order valence-corrected chi connectivity index (χ1v) is 5.17. The molecule has 2 aromatic rings. The summed E-state index contributed by atoms with van der Waals surface area (Å²) in [7, 11) is 0. The summed E-state index contributed by atoms with van der Waals surface area (Å²) in [6.45, 7) is 1.97. The van der Waals surface area contributed by atoms with Crippen LogP contribution in [0.1, 0.15) is 15.9 Å². The van der Waals surface area contributed by atoms with Gasteiger partial charge in [-0.05, 0) is 12.5 Å². The molecule has 4 nitrogen and oxygen atoms in total. The quantitative estimate of drug-likeness (QED) is 0.816. The summed E-state index contributed by atoms with van der Waals surface area (Å²) in [5.74, 6) is -0.558. The second kappa shape index (κ2) is 4.25. The number of H-pyrrole nitrogens is 1. The zero-order valence-electron chi connectivity index (χ0n) is 9.36. The number of nitrogens with one attached hydrogen (secondary N) is 1. The number of benzene rings is 1. The topological polar surface area (TPSA) is 75.9 Å². The third kappa shape index (κ3) is 2.25. The molecule has 3 N–H and O–H groups in total. The van der Waals surface area contributed by atoms with E-state index in [-0.39, 0.29) is 5.56 Å². The van der Waals surface area contributed by atoms with Gasteiger partial charge in [0.15, 0.2) is 0 Å². The van der Waals surface area contributed by atoms with Gasteiger partial charge in [-0.2, -0.15) is 0 Å². The lowest BCUT2D eigenvalue weighted by molar-refractivity contribution is 0.100. The molecule has 0 atom stereocenters. The molecule has 1 aromatic carbocycles. The van der Waals surface area contributed by atoms with Gasteiger partial charge in [0.1, 0.15) is 0 Å². The molecule has 0 saturated carbocycles. The first-order valence-electron chi connectivity index (χ1n) is 5.17. The molecule has 0 saturated heterocycles.